The van der Waals surface area contributed by atoms with E-state index in [1.54, 1.807) is 0 Å². The maximum atomic E-state index is 10.6. The van der Waals surface area contributed by atoms with Gasteiger partial charge >= 0.3 is 5.97 Å². The molecule has 13 heavy (non-hydrogen) atoms. The summed E-state index contributed by atoms with van der Waals surface area (Å²) in [5, 5.41) is 17.4. The van der Waals surface area contributed by atoms with Crippen LogP contribution < -0.4 is 0 Å². The Kier molecular flexibility index (Phi) is 6.98. The smallest absolute Gasteiger partial charge is 0.305 e. The van der Waals surface area contributed by atoms with Crippen LogP contribution in [-0.4, -0.2) is 36.0 Å². The van der Waals surface area contributed by atoms with Crippen LogP contribution in [0.4, 0.5) is 0 Å². The number of rotatable bonds is 4. The summed E-state index contributed by atoms with van der Waals surface area (Å²) < 4.78 is 4.42. The molecule has 1 atom stereocenters. The Hall–Kier alpha value is -1.05. The van der Waals surface area contributed by atoms with E-state index < -0.39 is 6.10 Å². The Bertz CT molecular complexity index is 201. The molecule has 0 radical (unpaired) electrons. The first-order valence-corrected chi connectivity index (χ1v) is 4.04. The molecule has 0 amide bonds. The first kappa shape index (κ1) is 11.9. The second kappa shape index (κ2) is 7.59. The van der Waals surface area contributed by atoms with E-state index >= 15 is 0 Å². The zero-order chi connectivity index (χ0) is 10.1. The summed E-state index contributed by atoms with van der Waals surface area (Å²) in [7, 11) is 1.32. The lowest BCUT2D eigenvalue weighted by Crippen LogP contribution is -2.06. The average molecular weight is 186 g/mol. The molecule has 0 rings (SSSR count). The molecule has 0 saturated heterocycles. The predicted octanol–water partition coefficient (Wildman–Crippen LogP) is -0.314. The fraction of sp³-hybridized carbons (Fsp3) is 0.667. The summed E-state index contributed by atoms with van der Waals surface area (Å²) in [5.41, 5.74) is 0. The third-order valence-electron chi connectivity index (χ3n) is 1.43. The van der Waals surface area contributed by atoms with Crippen LogP contribution in [0.5, 0.6) is 0 Å². The van der Waals surface area contributed by atoms with E-state index in [1.165, 1.54) is 7.11 Å². The molecule has 0 aliphatic carbocycles. The van der Waals surface area contributed by atoms with E-state index in [2.05, 4.69) is 16.6 Å². The average Bonchev–Trinajstić information content (AvgIpc) is 2.14. The van der Waals surface area contributed by atoms with Gasteiger partial charge in [0.2, 0.25) is 0 Å². The minimum Gasteiger partial charge on any atom is -0.469 e. The van der Waals surface area contributed by atoms with Crippen molar-refractivity contribution in [1.82, 2.24) is 0 Å². The number of carbonyl (C=O) groups is 1. The molecule has 0 aliphatic rings. The van der Waals surface area contributed by atoms with Gasteiger partial charge in [0.15, 0.2) is 0 Å². The molecule has 4 nitrogen and oxygen atoms in total. The van der Waals surface area contributed by atoms with E-state index in [0.29, 0.717) is 12.8 Å². The van der Waals surface area contributed by atoms with Crippen LogP contribution in [-0.2, 0) is 9.53 Å². The van der Waals surface area contributed by atoms with Gasteiger partial charge in [-0.05, 0) is 12.8 Å². The van der Waals surface area contributed by atoms with Gasteiger partial charge in [-0.2, -0.15) is 0 Å². The molecule has 0 saturated carbocycles. The number of methoxy groups -OCH3 is 1. The quantitative estimate of drug-likeness (QED) is 0.466. The van der Waals surface area contributed by atoms with E-state index in [1.807, 2.05) is 0 Å². The molecule has 0 aromatic rings. The Morgan fingerprint density at radius 1 is 1.62 bits per heavy atom. The van der Waals surface area contributed by atoms with E-state index in [9.17, 15) is 4.79 Å². The second-order valence-electron chi connectivity index (χ2n) is 2.46. The van der Waals surface area contributed by atoms with E-state index in [0.717, 1.165) is 0 Å². The van der Waals surface area contributed by atoms with Crippen LogP contribution in [0.1, 0.15) is 19.3 Å². The van der Waals surface area contributed by atoms with Crippen molar-refractivity contribution in [2.24, 2.45) is 0 Å². The van der Waals surface area contributed by atoms with Gasteiger partial charge in [-0.3, -0.25) is 4.79 Å². The summed E-state index contributed by atoms with van der Waals surface area (Å²) >= 11 is 0. The maximum Gasteiger partial charge on any atom is 0.305 e. The molecule has 0 aliphatic heterocycles. The highest BCUT2D eigenvalue weighted by Gasteiger charge is 2.03. The van der Waals surface area contributed by atoms with Crippen molar-refractivity contribution in [2.75, 3.05) is 13.7 Å². The first-order valence-electron chi connectivity index (χ1n) is 4.04. The fourth-order valence-electron chi connectivity index (χ4n) is 0.777. The van der Waals surface area contributed by atoms with Gasteiger partial charge in [-0.25, -0.2) is 0 Å². The van der Waals surface area contributed by atoms with Gasteiger partial charge in [0.1, 0.15) is 12.7 Å². The number of aliphatic hydroxyl groups excluding tert-OH is 2. The molecule has 1 unspecified atom stereocenters. The SMILES string of the molecule is COC(=O)CCCC(O)C#CCO. The van der Waals surface area contributed by atoms with Crippen molar-refractivity contribution >= 4 is 5.97 Å². The molecule has 0 bridgehead atoms. The summed E-state index contributed by atoms with van der Waals surface area (Å²) in [6.45, 7) is -0.256. The van der Waals surface area contributed by atoms with Crippen LogP contribution in [0.2, 0.25) is 0 Å². The van der Waals surface area contributed by atoms with Crippen molar-refractivity contribution < 1.29 is 19.7 Å². The minimum absolute atomic E-state index is 0.256. The summed E-state index contributed by atoms with van der Waals surface area (Å²) in [4.78, 5) is 10.6. The normalized spacial score (nSPS) is 11.3. The Labute approximate surface area is 77.5 Å². The summed E-state index contributed by atoms with van der Waals surface area (Å²) in [5.74, 6) is 4.48. The predicted molar refractivity (Wildman–Crippen MR) is 46.7 cm³/mol. The lowest BCUT2D eigenvalue weighted by atomic mass is 10.1. The highest BCUT2D eigenvalue weighted by Crippen LogP contribution is 2.00. The molecule has 0 spiro atoms. The largest absolute Gasteiger partial charge is 0.469 e. The van der Waals surface area contributed by atoms with Crippen molar-refractivity contribution in [3.63, 3.8) is 0 Å². The van der Waals surface area contributed by atoms with Crippen molar-refractivity contribution in [1.29, 1.82) is 0 Å². The number of ether oxygens (including phenoxy) is 1. The maximum absolute atomic E-state index is 10.6. The standard InChI is InChI=1S/C9H14O4/c1-13-9(12)6-2-4-8(11)5-3-7-10/h8,10-11H,2,4,6-7H2,1H3. The molecule has 4 heteroatoms. The lowest BCUT2D eigenvalue weighted by molar-refractivity contribution is -0.140. The van der Waals surface area contributed by atoms with Crippen LogP contribution in [0.15, 0.2) is 0 Å². The molecular formula is C9H14O4. The monoisotopic (exact) mass is 186 g/mol. The van der Waals surface area contributed by atoms with Gasteiger partial charge < -0.3 is 14.9 Å². The molecule has 0 heterocycles. The van der Waals surface area contributed by atoms with E-state index in [4.69, 9.17) is 10.2 Å². The Morgan fingerprint density at radius 2 is 2.31 bits per heavy atom. The van der Waals surface area contributed by atoms with Gasteiger partial charge in [0.25, 0.3) is 0 Å². The van der Waals surface area contributed by atoms with Crippen LogP contribution >= 0.6 is 0 Å². The van der Waals surface area contributed by atoms with Crippen LogP contribution in [0.25, 0.3) is 0 Å². The molecule has 0 aromatic heterocycles. The Balaban J connectivity index is 3.47. The van der Waals surface area contributed by atoms with Gasteiger partial charge in [0, 0.05) is 6.42 Å². The molecule has 2 N–H and O–H groups in total. The lowest BCUT2D eigenvalue weighted by Gasteiger charge is -2.01. The van der Waals surface area contributed by atoms with E-state index in [-0.39, 0.29) is 19.0 Å². The highest BCUT2D eigenvalue weighted by atomic mass is 16.5. The van der Waals surface area contributed by atoms with Crippen molar-refractivity contribution in [2.45, 2.75) is 25.4 Å². The third-order valence-corrected chi connectivity index (χ3v) is 1.43. The van der Waals surface area contributed by atoms with Gasteiger partial charge in [0.05, 0.1) is 7.11 Å². The van der Waals surface area contributed by atoms with Gasteiger partial charge in [-0.1, -0.05) is 11.8 Å². The number of carbonyl (C=O) groups excluding carboxylic acids is 1. The minimum atomic E-state index is -0.767. The number of aliphatic hydroxyl groups is 2. The number of hydrogen-bond donors (Lipinski definition) is 2. The molecule has 0 fully saturated rings. The molecular weight excluding hydrogens is 172 g/mol. The number of hydrogen-bond acceptors (Lipinski definition) is 4. The summed E-state index contributed by atoms with van der Waals surface area (Å²) in [6, 6.07) is 0. The second-order valence-corrected chi connectivity index (χ2v) is 2.46. The zero-order valence-electron chi connectivity index (χ0n) is 7.62. The van der Waals surface area contributed by atoms with Crippen LogP contribution in [0.3, 0.4) is 0 Å². The van der Waals surface area contributed by atoms with Crippen molar-refractivity contribution in [3.05, 3.63) is 0 Å². The van der Waals surface area contributed by atoms with Crippen molar-refractivity contribution in [3.8, 4) is 11.8 Å². The highest BCUT2D eigenvalue weighted by molar-refractivity contribution is 5.68. The summed E-state index contributed by atoms with van der Waals surface area (Å²) in [6.07, 6.45) is 0.474. The topological polar surface area (TPSA) is 66.8 Å². The molecule has 0 aromatic carbocycles. The third kappa shape index (κ3) is 7.32. The fourth-order valence-corrected chi connectivity index (χ4v) is 0.777. The zero-order valence-corrected chi connectivity index (χ0v) is 7.62. The van der Waals surface area contributed by atoms with Crippen LogP contribution in [0, 0.1) is 11.8 Å². The first-order chi connectivity index (χ1) is 6.20. The number of esters is 1. The van der Waals surface area contributed by atoms with Gasteiger partial charge in [-0.15, -0.1) is 0 Å². The Morgan fingerprint density at radius 3 is 2.85 bits per heavy atom. The molecule has 74 valence electrons.